The smallest absolute Gasteiger partial charge is 0.348 e. The van der Waals surface area contributed by atoms with E-state index in [9.17, 15) is 18.0 Å². The van der Waals surface area contributed by atoms with Crippen molar-refractivity contribution in [2.75, 3.05) is 0 Å². The van der Waals surface area contributed by atoms with Gasteiger partial charge in [0.1, 0.15) is 11.5 Å². The summed E-state index contributed by atoms with van der Waals surface area (Å²) in [5.74, 6) is -0.799. The molecule has 0 aliphatic heterocycles. The second kappa shape index (κ2) is 6.20. The van der Waals surface area contributed by atoms with Crippen LogP contribution in [0.2, 0.25) is 0 Å². The minimum Gasteiger partial charge on any atom is -0.348 e. The highest BCUT2D eigenvalue weighted by molar-refractivity contribution is 5.85. The Morgan fingerprint density at radius 3 is 2.67 bits per heavy atom. The van der Waals surface area contributed by atoms with Gasteiger partial charge in [-0.2, -0.15) is 13.2 Å². The Morgan fingerprint density at radius 1 is 1.25 bits per heavy atom. The van der Waals surface area contributed by atoms with Gasteiger partial charge in [-0.1, -0.05) is 24.3 Å². The molecule has 2 unspecified atom stereocenters. The Kier molecular flexibility index (Phi) is 4.23. The molecule has 8 heteroatoms. The first-order chi connectivity index (χ1) is 11.4. The molecule has 2 aromatic rings. The van der Waals surface area contributed by atoms with Crippen LogP contribution in [0, 0.1) is 0 Å². The van der Waals surface area contributed by atoms with Gasteiger partial charge in [-0.3, -0.25) is 4.79 Å². The first-order valence-electron chi connectivity index (χ1n) is 7.37. The third-order valence-corrected chi connectivity index (χ3v) is 3.99. The number of fused-ring (bicyclic) bond motifs is 1. The molecule has 3 N–H and O–H groups in total. The van der Waals surface area contributed by atoms with E-state index in [0.717, 1.165) is 23.4 Å². The van der Waals surface area contributed by atoms with E-state index < -0.39 is 17.8 Å². The third-order valence-electron chi connectivity index (χ3n) is 3.99. The molecule has 24 heavy (non-hydrogen) atoms. The van der Waals surface area contributed by atoms with Crippen LogP contribution < -0.4 is 11.1 Å². The predicted molar refractivity (Wildman–Crippen MR) is 79.6 cm³/mol. The maximum absolute atomic E-state index is 12.6. The van der Waals surface area contributed by atoms with Crippen molar-refractivity contribution in [1.29, 1.82) is 0 Å². The van der Waals surface area contributed by atoms with Crippen LogP contribution in [0.25, 0.3) is 0 Å². The standard InChI is InChI=1S/C16H15F3N4O/c17-16(18,19)13-5-6-21-14(23-13)8-22-15(24)11-7-12(20)10-4-2-1-3-9(10)11/h1-6,11-12H,7-8,20H2,(H,22,24). The maximum Gasteiger partial charge on any atom is 0.433 e. The second-order valence-electron chi connectivity index (χ2n) is 5.60. The molecule has 0 spiro atoms. The molecule has 5 nitrogen and oxygen atoms in total. The van der Waals surface area contributed by atoms with E-state index in [-0.39, 0.29) is 24.3 Å². The molecule has 1 aromatic carbocycles. The van der Waals surface area contributed by atoms with Crippen molar-refractivity contribution < 1.29 is 18.0 Å². The zero-order valence-corrected chi connectivity index (χ0v) is 12.5. The van der Waals surface area contributed by atoms with Crippen molar-refractivity contribution in [3.63, 3.8) is 0 Å². The number of amides is 1. The number of carbonyl (C=O) groups excluding carboxylic acids is 1. The summed E-state index contributed by atoms with van der Waals surface area (Å²) < 4.78 is 37.9. The molecule has 1 heterocycles. The van der Waals surface area contributed by atoms with Crippen LogP contribution in [-0.4, -0.2) is 15.9 Å². The van der Waals surface area contributed by atoms with Crippen LogP contribution in [0.15, 0.2) is 36.5 Å². The summed E-state index contributed by atoms with van der Waals surface area (Å²) >= 11 is 0. The van der Waals surface area contributed by atoms with Gasteiger partial charge in [-0.15, -0.1) is 0 Å². The minimum absolute atomic E-state index is 0.0891. The van der Waals surface area contributed by atoms with E-state index in [1.54, 1.807) is 0 Å². The number of hydrogen-bond donors (Lipinski definition) is 2. The molecule has 0 saturated heterocycles. The van der Waals surface area contributed by atoms with Crippen molar-refractivity contribution in [1.82, 2.24) is 15.3 Å². The molecule has 126 valence electrons. The lowest BCUT2D eigenvalue weighted by Gasteiger charge is -2.12. The van der Waals surface area contributed by atoms with E-state index in [2.05, 4.69) is 15.3 Å². The summed E-state index contributed by atoms with van der Waals surface area (Å²) in [5.41, 5.74) is 6.77. The molecule has 1 aromatic heterocycles. The second-order valence-corrected chi connectivity index (χ2v) is 5.60. The van der Waals surface area contributed by atoms with Gasteiger partial charge in [-0.25, -0.2) is 9.97 Å². The normalized spacial score (nSPS) is 19.8. The summed E-state index contributed by atoms with van der Waals surface area (Å²) in [5, 5.41) is 2.59. The van der Waals surface area contributed by atoms with E-state index >= 15 is 0 Å². The molecule has 0 fully saturated rings. The van der Waals surface area contributed by atoms with E-state index in [1.165, 1.54) is 0 Å². The van der Waals surface area contributed by atoms with Gasteiger partial charge in [0.2, 0.25) is 5.91 Å². The van der Waals surface area contributed by atoms with Gasteiger partial charge in [0, 0.05) is 12.2 Å². The van der Waals surface area contributed by atoms with Crippen LogP contribution in [0.1, 0.15) is 41.0 Å². The molecule has 0 bridgehead atoms. The number of nitrogens with two attached hydrogens (primary N) is 1. The Bertz CT molecular complexity index is 763. The number of nitrogens with one attached hydrogen (secondary N) is 1. The van der Waals surface area contributed by atoms with Gasteiger partial charge in [0.05, 0.1) is 12.5 Å². The largest absolute Gasteiger partial charge is 0.433 e. The zero-order chi connectivity index (χ0) is 17.3. The summed E-state index contributed by atoms with van der Waals surface area (Å²) in [4.78, 5) is 19.6. The fourth-order valence-corrected chi connectivity index (χ4v) is 2.85. The van der Waals surface area contributed by atoms with Crippen LogP contribution >= 0.6 is 0 Å². The zero-order valence-electron chi connectivity index (χ0n) is 12.5. The van der Waals surface area contributed by atoms with Crippen molar-refractivity contribution in [3.05, 3.63) is 59.2 Å². The number of hydrogen-bond acceptors (Lipinski definition) is 4. The van der Waals surface area contributed by atoms with Crippen LogP contribution in [0.4, 0.5) is 13.2 Å². The minimum atomic E-state index is -4.54. The Hall–Kier alpha value is -2.48. The predicted octanol–water partition coefficient (Wildman–Crippen LogP) is 2.30. The first kappa shape index (κ1) is 16.4. The van der Waals surface area contributed by atoms with Gasteiger partial charge in [-0.05, 0) is 23.6 Å². The average Bonchev–Trinajstić information content (AvgIpc) is 2.90. The maximum atomic E-state index is 12.6. The van der Waals surface area contributed by atoms with Crippen molar-refractivity contribution >= 4 is 5.91 Å². The van der Waals surface area contributed by atoms with Crippen molar-refractivity contribution in [2.45, 2.75) is 31.1 Å². The van der Waals surface area contributed by atoms with Crippen LogP contribution in [0.5, 0.6) is 0 Å². The molecule has 0 saturated carbocycles. The van der Waals surface area contributed by atoms with Crippen molar-refractivity contribution in [2.24, 2.45) is 5.73 Å². The molecule has 2 atom stereocenters. The highest BCUT2D eigenvalue weighted by Crippen LogP contribution is 2.38. The van der Waals surface area contributed by atoms with E-state index in [0.29, 0.717) is 6.42 Å². The van der Waals surface area contributed by atoms with Gasteiger partial charge >= 0.3 is 6.18 Å². The highest BCUT2D eigenvalue weighted by Gasteiger charge is 2.34. The average molecular weight is 336 g/mol. The molecular formula is C16H15F3N4O. The Morgan fingerprint density at radius 2 is 1.96 bits per heavy atom. The fraction of sp³-hybridized carbons (Fsp3) is 0.312. The van der Waals surface area contributed by atoms with Crippen molar-refractivity contribution in [3.8, 4) is 0 Å². The summed E-state index contributed by atoms with van der Waals surface area (Å²) in [6.45, 7) is -0.170. The number of halogens is 3. The number of carbonyl (C=O) groups is 1. The quantitative estimate of drug-likeness (QED) is 0.901. The fourth-order valence-electron chi connectivity index (χ4n) is 2.85. The topological polar surface area (TPSA) is 80.9 Å². The summed E-state index contributed by atoms with van der Waals surface area (Å²) in [6, 6.07) is 7.97. The Balaban J connectivity index is 1.69. The molecule has 0 radical (unpaired) electrons. The molecular weight excluding hydrogens is 321 g/mol. The number of alkyl halides is 3. The molecule has 3 rings (SSSR count). The lowest BCUT2D eigenvalue weighted by atomic mass is 10.0. The SMILES string of the molecule is NC1CC(C(=O)NCc2nccc(C(F)(F)F)n2)c2ccccc21. The lowest BCUT2D eigenvalue weighted by Crippen LogP contribution is -2.29. The summed E-state index contributed by atoms with van der Waals surface area (Å²) in [7, 11) is 0. The van der Waals surface area contributed by atoms with Crippen LogP contribution in [-0.2, 0) is 17.5 Å². The lowest BCUT2D eigenvalue weighted by molar-refractivity contribution is -0.141. The molecule has 1 amide bonds. The number of benzene rings is 1. The van der Waals surface area contributed by atoms with Gasteiger partial charge in [0.15, 0.2) is 0 Å². The summed E-state index contributed by atoms with van der Waals surface area (Å²) in [6.07, 6.45) is -3.05. The monoisotopic (exact) mass is 336 g/mol. The highest BCUT2D eigenvalue weighted by atomic mass is 19.4. The van der Waals surface area contributed by atoms with E-state index in [4.69, 9.17) is 5.73 Å². The van der Waals surface area contributed by atoms with E-state index in [1.807, 2.05) is 24.3 Å². The van der Waals surface area contributed by atoms with Gasteiger partial charge in [0.25, 0.3) is 0 Å². The van der Waals surface area contributed by atoms with Gasteiger partial charge < -0.3 is 11.1 Å². The van der Waals surface area contributed by atoms with Crippen LogP contribution in [0.3, 0.4) is 0 Å². The Labute approximate surface area is 136 Å². The first-order valence-corrected chi connectivity index (χ1v) is 7.37. The number of aromatic nitrogens is 2. The number of rotatable bonds is 3. The molecule has 1 aliphatic carbocycles. The molecule has 1 aliphatic rings. The number of nitrogens with zero attached hydrogens (tertiary/aromatic N) is 2. The third kappa shape index (κ3) is 3.23.